The van der Waals surface area contributed by atoms with Gasteiger partial charge in [-0.25, -0.2) is 9.67 Å². The molecule has 3 aromatic rings. The van der Waals surface area contributed by atoms with Gasteiger partial charge in [0.25, 0.3) is 11.8 Å². The first-order chi connectivity index (χ1) is 14.8. The minimum atomic E-state index is -0.555. The summed E-state index contributed by atoms with van der Waals surface area (Å²) in [7, 11) is 1.45. The SMILES string of the molecule is CNC(=O)c1cc(C(=O)SN)cc(C)c1NC(=O)c1cc(Br)nn1-c1ncccc1Cl. The van der Waals surface area contributed by atoms with E-state index in [1.807, 2.05) is 0 Å². The molecule has 31 heavy (non-hydrogen) atoms. The van der Waals surface area contributed by atoms with E-state index in [0.29, 0.717) is 27.1 Å². The number of hydrogen-bond acceptors (Lipinski definition) is 7. The Kier molecular flexibility index (Phi) is 7.11. The third kappa shape index (κ3) is 4.79. The molecule has 0 atom stereocenters. The van der Waals surface area contributed by atoms with Crippen LogP contribution in [-0.4, -0.2) is 38.7 Å². The van der Waals surface area contributed by atoms with Crippen molar-refractivity contribution in [2.24, 2.45) is 5.14 Å². The number of carbonyl (C=O) groups excluding carboxylic acids is 3. The van der Waals surface area contributed by atoms with Crippen LogP contribution in [0.2, 0.25) is 5.02 Å². The number of halogens is 2. The molecular weight excluding hydrogens is 508 g/mol. The van der Waals surface area contributed by atoms with Crippen molar-refractivity contribution in [2.75, 3.05) is 12.4 Å². The summed E-state index contributed by atoms with van der Waals surface area (Å²) >= 11 is 10.0. The Morgan fingerprint density at radius 2 is 1.97 bits per heavy atom. The van der Waals surface area contributed by atoms with Crippen LogP contribution >= 0.6 is 39.5 Å². The van der Waals surface area contributed by atoms with Crippen molar-refractivity contribution in [3.05, 3.63) is 68.5 Å². The summed E-state index contributed by atoms with van der Waals surface area (Å²) in [6.07, 6.45) is 1.53. The fourth-order valence-electron chi connectivity index (χ4n) is 2.84. The molecule has 2 amide bonds. The molecule has 2 aromatic heterocycles. The quantitative estimate of drug-likeness (QED) is 0.437. The highest BCUT2D eigenvalue weighted by molar-refractivity contribution is 9.10. The molecule has 4 N–H and O–H groups in total. The first kappa shape index (κ1) is 22.9. The molecule has 0 bridgehead atoms. The van der Waals surface area contributed by atoms with Crippen molar-refractivity contribution < 1.29 is 14.4 Å². The summed E-state index contributed by atoms with van der Waals surface area (Å²) in [6, 6.07) is 7.71. The molecule has 9 nitrogen and oxygen atoms in total. The number of carbonyl (C=O) groups is 3. The van der Waals surface area contributed by atoms with Crippen molar-refractivity contribution in [1.29, 1.82) is 0 Å². The second kappa shape index (κ2) is 9.60. The topological polar surface area (TPSA) is 132 Å². The third-order valence-electron chi connectivity index (χ3n) is 4.24. The third-order valence-corrected chi connectivity index (χ3v) is 5.37. The van der Waals surface area contributed by atoms with Gasteiger partial charge < -0.3 is 10.6 Å². The van der Waals surface area contributed by atoms with E-state index in [-0.39, 0.29) is 28.3 Å². The van der Waals surface area contributed by atoms with Crippen molar-refractivity contribution in [1.82, 2.24) is 20.1 Å². The maximum Gasteiger partial charge on any atom is 0.274 e. The van der Waals surface area contributed by atoms with Crippen LogP contribution in [-0.2, 0) is 0 Å². The van der Waals surface area contributed by atoms with Gasteiger partial charge in [0.15, 0.2) is 5.82 Å². The summed E-state index contributed by atoms with van der Waals surface area (Å²) in [6.45, 7) is 1.67. The van der Waals surface area contributed by atoms with Gasteiger partial charge in [-0.05, 0) is 64.6 Å². The van der Waals surface area contributed by atoms with E-state index in [1.165, 1.54) is 30.1 Å². The second-order valence-electron chi connectivity index (χ2n) is 6.23. The van der Waals surface area contributed by atoms with Crippen molar-refractivity contribution in [3.8, 4) is 5.82 Å². The van der Waals surface area contributed by atoms with Crippen LogP contribution < -0.4 is 15.8 Å². The smallest absolute Gasteiger partial charge is 0.274 e. The summed E-state index contributed by atoms with van der Waals surface area (Å²) in [5, 5.41) is 14.7. The monoisotopic (exact) mass is 522 g/mol. The van der Waals surface area contributed by atoms with Gasteiger partial charge in [0.1, 0.15) is 10.3 Å². The van der Waals surface area contributed by atoms with Gasteiger partial charge in [0.05, 0.1) is 16.3 Å². The Balaban J connectivity index is 2.06. The molecule has 0 radical (unpaired) electrons. The average molecular weight is 524 g/mol. The zero-order chi connectivity index (χ0) is 22.7. The lowest BCUT2D eigenvalue weighted by atomic mass is 10.0. The van der Waals surface area contributed by atoms with E-state index in [2.05, 4.69) is 36.6 Å². The number of nitrogens with zero attached hydrogens (tertiary/aromatic N) is 3. The molecular formula is C19H16BrClN6O3S. The molecule has 0 fully saturated rings. The first-order valence-corrected chi connectivity index (χ1v) is 10.8. The fraction of sp³-hybridized carbons (Fsp3) is 0.105. The highest BCUT2D eigenvalue weighted by Gasteiger charge is 2.23. The normalized spacial score (nSPS) is 10.6. The lowest BCUT2D eigenvalue weighted by Crippen LogP contribution is -2.24. The molecule has 12 heteroatoms. The van der Waals surface area contributed by atoms with Gasteiger partial charge >= 0.3 is 0 Å². The molecule has 0 saturated heterocycles. The number of nitrogens with two attached hydrogens (primary N) is 1. The number of anilines is 1. The summed E-state index contributed by atoms with van der Waals surface area (Å²) in [5.74, 6) is -0.762. The average Bonchev–Trinajstić information content (AvgIpc) is 3.15. The summed E-state index contributed by atoms with van der Waals surface area (Å²) < 4.78 is 1.68. The van der Waals surface area contributed by atoms with Crippen molar-refractivity contribution >= 4 is 62.1 Å². The van der Waals surface area contributed by atoms with Crippen LogP contribution in [0.3, 0.4) is 0 Å². The Morgan fingerprint density at radius 3 is 2.61 bits per heavy atom. The van der Waals surface area contributed by atoms with E-state index >= 15 is 0 Å². The molecule has 0 aliphatic carbocycles. The van der Waals surface area contributed by atoms with Crippen molar-refractivity contribution in [3.63, 3.8) is 0 Å². The summed E-state index contributed by atoms with van der Waals surface area (Å²) in [4.78, 5) is 41.8. The number of aromatic nitrogens is 3. The van der Waals surface area contributed by atoms with Gasteiger partial charge in [-0.1, -0.05) is 11.6 Å². The Hall–Kier alpha value is -2.73. The van der Waals surface area contributed by atoms with Crippen LogP contribution in [0, 0.1) is 6.92 Å². The van der Waals surface area contributed by atoms with Crippen LogP contribution in [0.15, 0.2) is 41.1 Å². The molecule has 0 unspecified atom stereocenters. The van der Waals surface area contributed by atoms with Crippen LogP contribution in [0.25, 0.3) is 5.82 Å². The molecule has 2 heterocycles. The van der Waals surface area contributed by atoms with E-state index in [1.54, 1.807) is 25.1 Å². The standard InChI is InChI=1S/C19H16BrClN6O3S/c1-9-6-10(19(30)31-22)7-11(17(28)23-2)15(9)25-18(29)13-8-14(20)26-27(13)16-12(21)4-3-5-24-16/h3-8H,22H2,1-2H3,(H,23,28)(H,25,29). The highest BCUT2D eigenvalue weighted by Crippen LogP contribution is 2.27. The maximum absolute atomic E-state index is 13.1. The predicted octanol–water partition coefficient (Wildman–Crippen LogP) is 3.35. The van der Waals surface area contributed by atoms with Gasteiger partial charge in [-0.2, -0.15) is 5.10 Å². The number of amides is 2. The van der Waals surface area contributed by atoms with Crippen LogP contribution in [0.4, 0.5) is 5.69 Å². The summed E-state index contributed by atoms with van der Waals surface area (Å²) in [5.41, 5.74) is 1.25. The zero-order valence-corrected chi connectivity index (χ0v) is 19.4. The number of benzene rings is 1. The number of hydrogen-bond donors (Lipinski definition) is 3. The van der Waals surface area contributed by atoms with Gasteiger partial charge in [0.2, 0.25) is 5.12 Å². The molecule has 0 spiro atoms. The molecule has 0 aliphatic heterocycles. The number of pyridine rings is 1. The van der Waals surface area contributed by atoms with Gasteiger partial charge in [-0.3, -0.25) is 19.5 Å². The Labute approximate surface area is 195 Å². The Bertz CT molecular complexity index is 1200. The Morgan fingerprint density at radius 1 is 1.23 bits per heavy atom. The largest absolute Gasteiger partial charge is 0.355 e. The fourth-order valence-corrected chi connectivity index (χ4v) is 3.67. The lowest BCUT2D eigenvalue weighted by Gasteiger charge is -2.15. The molecule has 0 saturated carbocycles. The first-order valence-electron chi connectivity index (χ1n) is 8.72. The van der Waals surface area contributed by atoms with E-state index in [9.17, 15) is 14.4 Å². The maximum atomic E-state index is 13.1. The molecule has 3 rings (SSSR count). The van der Waals surface area contributed by atoms with E-state index < -0.39 is 16.9 Å². The number of nitrogens with one attached hydrogen (secondary N) is 2. The predicted molar refractivity (Wildman–Crippen MR) is 123 cm³/mol. The minimum absolute atomic E-state index is 0.120. The highest BCUT2D eigenvalue weighted by atomic mass is 79.9. The molecule has 160 valence electrons. The zero-order valence-electron chi connectivity index (χ0n) is 16.3. The second-order valence-corrected chi connectivity index (χ2v) is 8.05. The van der Waals surface area contributed by atoms with E-state index in [0.717, 1.165) is 0 Å². The number of rotatable bonds is 5. The lowest BCUT2D eigenvalue weighted by molar-refractivity contribution is 0.0964. The molecule has 1 aromatic carbocycles. The van der Waals surface area contributed by atoms with E-state index in [4.69, 9.17) is 16.7 Å². The van der Waals surface area contributed by atoms with Gasteiger partial charge in [0, 0.05) is 24.9 Å². The van der Waals surface area contributed by atoms with Gasteiger partial charge in [-0.15, -0.1) is 0 Å². The minimum Gasteiger partial charge on any atom is -0.355 e. The molecule has 0 aliphatic rings. The van der Waals surface area contributed by atoms with Crippen molar-refractivity contribution in [2.45, 2.75) is 6.92 Å². The van der Waals surface area contributed by atoms with Crippen LogP contribution in [0.5, 0.6) is 0 Å². The number of aryl methyl sites for hydroxylation is 1. The van der Waals surface area contributed by atoms with Crippen LogP contribution in [0.1, 0.15) is 36.8 Å².